The molecule has 0 aliphatic carbocycles. The quantitative estimate of drug-likeness (QED) is 0.516. The summed E-state index contributed by atoms with van der Waals surface area (Å²) in [6.07, 6.45) is 0. The maximum absolute atomic E-state index is 12.6. The highest BCUT2D eigenvalue weighted by molar-refractivity contribution is 7.89. The lowest BCUT2D eigenvalue weighted by molar-refractivity contribution is -0.387. The maximum atomic E-state index is 12.6. The number of para-hydroxylation sites is 1. The van der Waals surface area contributed by atoms with Gasteiger partial charge in [0.15, 0.2) is 16.4 Å². The minimum atomic E-state index is -4.09. The lowest BCUT2D eigenvalue weighted by Gasteiger charge is -2.17. The van der Waals surface area contributed by atoms with Crippen molar-refractivity contribution in [1.82, 2.24) is 4.72 Å². The van der Waals surface area contributed by atoms with Crippen molar-refractivity contribution in [2.45, 2.75) is 31.7 Å². The van der Waals surface area contributed by atoms with Crippen LogP contribution in [0.5, 0.6) is 11.5 Å². The summed E-state index contributed by atoms with van der Waals surface area (Å²) < 4.78 is 38.8. The first-order valence-corrected chi connectivity index (χ1v) is 9.93. The zero-order chi connectivity index (χ0) is 20.0. The van der Waals surface area contributed by atoms with E-state index < -0.39 is 26.7 Å². The van der Waals surface area contributed by atoms with Crippen LogP contribution in [0.2, 0.25) is 0 Å². The van der Waals surface area contributed by atoms with Crippen LogP contribution in [0.3, 0.4) is 0 Å². The maximum Gasteiger partial charge on any atom is 0.289 e. The van der Waals surface area contributed by atoms with Gasteiger partial charge in [-0.15, -0.1) is 0 Å². The van der Waals surface area contributed by atoms with Gasteiger partial charge in [-0.05, 0) is 44.5 Å². The molecule has 0 bridgehead atoms. The van der Waals surface area contributed by atoms with Gasteiger partial charge in [0.2, 0.25) is 10.0 Å². The van der Waals surface area contributed by atoms with E-state index in [1.54, 1.807) is 25.1 Å². The summed E-state index contributed by atoms with van der Waals surface area (Å²) in [4.78, 5) is 10.0. The molecule has 0 saturated heterocycles. The highest BCUT2D eigenvalue weighted by atomic mass is 32.2. The van der Waals surface area contributed by atoms with Gasteiger partial charge in [-0.25, -0.2) is 13.1 Å². The Morgan fingerprint density at radius 2 is 1.70 bits per heavy atom. The molecule has 0 aliphatic rings. The Bertz CT molecular complexity index is 914. The van der Waals surface area contributed by atoms with Crippen LogP contribution in [0.1, 0.15) is 32.4 Å². The number of sulfonamides is 1. The summed E-state index contributed by atoms with van der Waals surface area (Å²) in [7, 11) is -4.09. The molecule has 8 nitrogen and oxygen atoms in total. The number of ether oxygens (including phenoxy) is 2. The Morgan fingerprint density at radius 1 is 1.07 bits per heavy atom. The number of benzene rings is 2. The van der Waals surface area contributed by atoms with Crippen LogP contribution in [-0.2, 0) is 10.0 Å². The van der Waals surface area contributed by atoms with Crippen molar-refractivity contribution in [1.29, 1.82) is 0 Å². The van der Waals surface area contributed by atoms with E-state index in [-0.39, 0.29) is 4.90 Å². The third-order valence-electron chi connectivity index (χ3n) is 3.75. The van der Waals surface area contributed by atoms with Crippen LogP contribution in [0.15, 0.2) is 47.4 Å². The van der Waals surface area contributed by atoms with Crippen LogP contribution >= 0.6 is 0 Å². The lowest BCUT2D eigenvalue weighted by atomic mass is 10.1. The van der Waals surface area contributed by atoms with Crippen LogP contribution in [-0.4, -0.2) is 26.6 Å². The molecule has 2 rings (SSSR count). The minimum Gasteiger partial charge on any atom is -0.490 e. The molecular weight excluding hydrogens is 372 g/mol. The summed E-state index contributed by atoms with van der Waals surface area (Å²) in [5, 5.41) is 11.1. The summed E-state index contributed by atoms with van der Waals surface area (Å²) in [6.45, 7) is 6.24. The Hall–Kier alpha value is -2.65. The van der Waals surface area contributed by atoms with Gasteiger partial charge >= 0.3 is 0 Å². The van der Waals surface area contributed by atoms with Gasteiger partial charge in [-0.3, -0.25) is 10.1 Å². The van der Waals surface area contributed by atoms with Crippen molar-refractivity contribution in [3.8, 4) is 11.5 Å². The van der Waals surface area contributed by atoms with E-state index >= 15 is 0 Å². The number of hydrogen-bond donors (Lipinski definition) is 1. The molecule has 27 heavy (non-hydrogen) atoms. The summed E-state index contributed by atoms with van der Waals surface area (Å²) in [5.74, 6) is 1.07. The molecule has 0 spiro atoms. The molecule has 1 N–H and O–H groups in total. The van der Waals surface area contributed by atoms with Gasteiger partial charge in [-0.1, -0.05) is 18.2 Å². The lowest BCUT2D eigenvalue weighted by Crippen LogP contribution is -2.27. The van der Waals surface area contributed by atoms with Gasteiger partial charge in [-0.2, -0.15) is 0 Å². The molecule has 0 saturated carbocycles. The van der Waals surface area contributed by atoms with Crippen molar-refractivity contribution in [3.63, 3.8) is 0 Å². The topological polar surface area (TPSA) is 108 Å². The summed E-state index contributed by atoms with van der Waals surface area (Å²) in [6, 6.07) is 9.71. The molecule has 9 heteroatoms. The second-order valence-electron chi connectivity index (χ2n) is 5.64. The van der Waals surface area contributed by atoms with E-state index in [1.165, 1.54) is 18.2 Å². The highest BCUT2D eigenvalue weighted by Gasteiger charge is 2.27. The second-order valence-corrected chi connectivity index (χ2v) is 7.32. The van der Waals surface area contributed by atoms with E-state index in [4.69, 9.17) is 9.47 Å². The molecule has 0 unspecified atom stereocenters. The van der Waals surface area contributed by atoms with Crippen molar-refractivity contribution in [3.05, 3.63) is 58.1 Å². The monoisotopic (exact) mass is 394 g/mol. The molecule has 146 valence electrons. The molecule has 0 amide bonds. The molecule has 0 aliphatic heterocycles. The van der Waals surface area contributed by atoms with Gasteiger partial charge < -0.3 is 9.47 Å². The number of nitrogens with one attached hydrogen (secondary N) is 1. The smallest absolute Gasteiger partial charge is 0.289 e. The Morgan fingerprint density at radius 3 is 2.33 bits per heavy atom. The van der Waals surface area contributed by atoms with Gasteiger partial charge in [0.05, 0.1) is 18.1 Å². The fraction of sp³-hybridized carbons (Fsp3) is 0.333. The summed E-state index contributed by atoms with van der Waals surface area (Å²) >= 11 is 0. The van der Waals surface area contributed by atoms with Gasteiger partial charge in [0.25, 0.3) is 5.69 Å². The van der Waals surface area contributed by atoms with E-state index in [9.17, 15) is 18.5 Å². The summed E-state index contributed by atoms with van der Waals surface area (Å²) in [5.41, 5.74) is 0.169. The van der Waals surface area contributed by atoms with Crippen molar-refractivity contribution < 1.29 is 22.8 Å². The molecular formula is C18H22N2O6S. The van der Waals surface area contributed by atoms with Crippen molar-refractivity contribution in [2.24, 2.45) is 0 Å². The fourth-order valence-electron chi connectivity index (χ4n) is 2.54. The average Bonchev–Trinajstić information content (AvgIpc) is 2.63. The minimum absolute atomic E-state index is 0.377. The number of nitrogens with zero attached hydrogens (tertiary/aromatic N) is 1. The largest absolute Gasteiger partial charge is 0.490 e. The first kappa shape index (κ1) is 20.7. The first-order valence-electron chi connectivity index (χ1n) is 8.45. The molecule has 0 aromatic heterocycles. The molecule has 0 radical (unpaired) electrons. The van der Waals surface area contributed by atoms with E-state index in [0.29, 0.717) is 30.3 Å². The van der Waals surface area contributed by atoms with Gasteiger partial charge in [0, 0.05) is 12.1 Å². The van der Waals surface area contributed by atoms with Crippen molar-refractivity contribution >= 4 is 15.7 Å². The SMILES string of the molecule is CCOc1ccc([C@@H](C)NS(=O)(=O)c2ccccc2[N+](=O)[O-])cc1OCC. The standard InChI is InChI=1S/C18H22N2O6S/c1-4-25-16-11-10-14(12-17(16)26-5-2)13(3)19-27(23,24)18-9-7-6-8-15(18)20(21)22/h6-13,19H,4-5H2,1-3H3/t13-/m1/s1. The van der Waals surface area contributed by atoms with E-state index in [0.717, 1.165) is 6.07 Å². The third kappa shape index (κ3) is 4.95. The molecule has 0 fully saturated rings. The van der Waals surface area contributed by atoms with Crippen LogP contribution in [0.25, 0.3) is 0 Å². The predicted molar refractivity (Wildman–Crippen MR) is 101 cm³/mol. The average molecular weight is 394 g/mol. The zero-order valence-electron chi connectivity index (χ0n) is 15.3. The Kier molecular flexibility index (Phi) is 6.75. The van der Waals surface area contributed by atoms with E-state index in [1.807, 2.05) is 13.8 Å². The Labute approximate surface area is 158 Å². The number of nitro groups is 1. The van der Waals surface area contributed by atoms with E-state index in [2.05, 4.69) is 4.72 Å². The fourth-order valence-corrected chi connectivity index (χ4v) is 3.94. The predicted octanol–water partition coefficient (Wildman–Crippen LogP) is 3.43. The highest BCUT2D eigenvalue weighted by Crippen LogP contribution is 2.32. The van der Waals surface area contributed by atoms with Crippen molar-refractivity contribution in [2.75, 3.05) is 13.2 Å². The van der Waals surface area contributed by atoms with Crippen LogP contribution in [0.4, 0.5) is 5.69 Å². The number of rotatable bonds is 9. The number of hydrogen-bond acceptors (Lipinski definition) is 6. The Balaban J connectivity index is 2.32. The van der Waals surface area contributed by atoms with Crippen LogP contribution < -0.4 is 14.2 Å². The van der Waals surface area contributed by atoms with Gasteiger partial charge in [0.1, 0.15) is 0 Å². The molecule has 2 aromatic rings. The molecule has 0 heterocycles. The van der Waals surface area contributed by atoms with Crippen LogP contribution in [0, 0.1) is 10.1 Å². The second kappa shape index (κ2) is 8.83. The third-order valence-corrected chi connectivity index (χ3v) is 5.34. The zero-order valence-corrected chi connectivity index (χ0v) is 16.2. The number of nitro benzene ring substituents is 1. The normalized spacial score (nSPS) is 12.4. The molecule has 1 atom stereocenters. The molecule has 2 aromatic carbocycles. The first-order chi connectivity index (χ1) is 12.8.